The molecule has 2 aromatic carbocycles. The lowest BCUT2D eigenvalue weighted by molar-refractivity contribution is 0.183. The molecule has 0 amide bonds. The third-order valence-electron chi connectivity index (χ3n) is 5.75. The molecular formula is C23H27NO. The van der Waals surface area contributed by atoms with Crippen molar-refractivity contribution in [2.45, 2.75) is 45.6 Å². The first kappa shape index (κ1) is 16.4. The molecule has 4 rings (SSSR count). The van der Waals surface area contributed by atoms with Crippen LogP contribution in [0.25, 0.3) is 11.1 Å². The Morgan fingerprint density at radius 2 is 2.08 bits per heavy atom. The van der Waals surface area contributed by atoms with Crippen LogP contribution in [-0.4, -0.2) is 23.1 Å². The maximum atomic E-state index is 11.0. The van der Waals surface area contributed by atoms with Crippen molar-refractivity contribution in [3.8, 4) is 16.9 Å². The summed E-state index contributed by atoms with van der Waals surface area (Å²) < 4.78 is 0. The summed E-state index contributed by atoms with van der Waals surface area (Å²) in [6.07, 6.45) is 8.26. The molecule has 0 saturated heterocycles. The van der Waals surface area contributed by atoms with Crippen molar-refractivity contribution < 1.29 is 5.11 Å². The number of rotatable bonds is 4. The summed E-state index contributed by atoms with van der Waals surface area (Å²) in [7, 11) is 0. The van der Waals surface area contributed by atoms with Gasteiger partial charge in [-0.15, -0.1) is 0 Å². The van der Waals surface area contributed by atoms with Crippen LogP contribution in [0.5, 0.6) is 5.75 Å². The third-order valence-corrected chi connectivity index (χ3v) is 5.75. The maximum absolute atomic E-state index is 11.0. The van der Waals surface area contributed by atoms with Gasteiger partial charge in [-0.2, -0.15) is 0 Å². The van der Waals surface area contributed by atoms with Crippen LogP contribution < -0.4 is 0 Å². The van der Waals surface area contributed by atoms with E-state index < -0.39 is 0 Å². The average molecular weight is 333 g/mol. The van der Waals surface area contributed by atoms with Crippen LogP contribution >= 0.6 is 0 Å². The van der Waals surface area contributed by atoms with Gasteiger partial charge >= 0.3 is 0 Å². The van der Waals surface area contributed by atoms with Crippen LogP contribution in [-0.2, 0) is 19.3 Å². The van der Waals surface area contributed by atoms with Gasteiger partial charge in [0.05, 0.1) is 0 Å². The number of aromatic hydroxyl groups is 1. The Bertz CT molecular complexity index is 821. The minimum absolute atomic E-state index is 0.466. The Hall–Kier alpha value is -2.06. The van der Waals surface area contributed by atoms with E-state index in [2.05, 4.69) is 48.2 Å². The molecule has 1 aliphatic heterocycles. The number of hydrogen-bond acceptors (Lipinski definition) is 2. The highest BCUT2D eigenvalue weighted by Gasteiger charge is 2.35. The summed E-state index contributed by atoms with van der Waals surface area (Å²) in [5, 5.41) is 11.0. The summed E-state index contributed by atoms with van der Waals surface area (Å²) in [6.45, 7) is 6.59. The van der Waals surface area contributed by atoms with E-state index >= 15 is 0 Å². The lowest BCUT2D eigenvalue weighted by atomic mass is 9.76. The summed E-state index contributed by atoms with van der Waals surface area (Å²) in [5.41, 5.74) is 7.58. The van der Waals surface area contributed by atoms with E-state index in [4.69, 9.17) is 0 Å². The van der Waals surface area contributed by atoms with Crippen molar-refractivity contribution >= 4 is 0 Å². The normalized spacial score (nSPS) is 19.0. The Labute approximate surface area is 150 Å². The molecule has 1 N–H and O–H groups in total. The number of phenols is 1. The number of hydrogen-bond donors (Lipinski definition) is 1. The molecule has 2 aromatic rings. The highest BCUT2D eigenvalue weighted by molar-refractivity contribution is 5.81. The average Bonchev–Trinajstić information content (AvgIpc) is 2.63. The molecular weight excluding hydrogens is 306 g/mol. The van der Waals surface area contributed by atoms with Crippen LogP contribution in [0.4, 0.5) is 0 Å². The summed E-state index contributed by atoms with van der Waals surface area (Å²) in [5.74, 6) is 0.482. The Balaban J connectivity index is 1.87. The molecule has 2 heteroatoms. The van der Waals surface area contributed by atoms with E-state index in [1.165, 1.54) is 28.7 Å². The highest BCUT2D eigenvalue weighted by Crippen LogP contribution is 2.49. The minimum atomic E-state index is 0.466. The van der Waals surface area contributed by atoms with E-state index in [0.29, 0.717) is 11.8 Å². The molecule has 2 aliphatic rings. The van der Waals surface area contributed by atoms with Gasteiger partial charge in [0.2, 0.25) is 0 Å². The Kier molecular flexibility index (Phi) is 4.39. The van der Waals surface area contributed by atoms with Crippen LogP contribution in [0.3, 0.4) is 0 Å². The maximum Gasteiger partial charge on any atom is 0.127 e. The molecule has 2 nitrogen and oxygen atoms in total. The summed E-state index contributed by atoms with van der Waals surface area (Å²) in [4.78, 5) is 2.64. The van der Waals surface area contributed by atoms with Gasteiger partial charge in [0.25, 0.3) is 0 Å². The monoisotopic (exact) mass is 333 g/mol. The van der Waals surface area contributed by atoms with Crippen LogP contribution in [0.2, 0.25) is 0 Å². The standard InChI is InChI=1S/C23H27NO/c1-3-5-7-17-10-11-18-15-20-21-16(12-14-24(20)13-4-2)8-6-9-19(21)22(18)23(17)25/h3,5-6,8-11,20,25H,4,7,12-15H2,1-2H3/b5-3+/t20-/m1/s1. The third kappa shape index (κ3) is 2.69. The first-order chi connectivity index (χ1) is 12.2. The molecule has 0 bridgehead atoms. The van der Waals surface area contributed by atoms with E-state index in [1.807, 2.05) is 13.0 Å². The molecule has 1 heterocycles. The number of fused-ring (bicyclic) bond motifs is 2. The van der Waals surface area contributed by atoms with Crippen LogP contribution in [0.1, 0.15) is 48.6 Å². The fraction of sp³-hybridized carbons (Fsp3) is 0.391. The Morgan fingerprint density at radius 3 is 2.88 bits per heavy atom. The Morgan fingerprint density at radius 1 is 1.20 bits per heavy atom. The van der Waals surface area contributed by atoms with Crippen molar-refractivity contribution in [3.05, 3.63) is 64.7 Å². The molecule has 25 heavy (non-hydrogen) atoms. The first-order valence-electron chi connectivity index (χ1n) is 9.55. The first-order valence-corrected chi connectivity index (χ1v) is 9.55. The van der Waals surface area contributed by atoms with Crippen molar-refractivity contribution in [1.29, 1.82) is 0 Å². The smallest absolute Gasteiger partial charge is 0.127 e. The second kappa shape index (κ2) is 6.68. The molecule has 0 radical (unpaired) electrons. The largest absolute Gasteiger partial charge is 0.507 e. The molecule has 0 aromatic heterocycles. The fourth-order valence-electron chi connectivity index (χ4n) is 4.60. The van der Waals surface area contributed by atoms with Gasteiger partial charge in [-0.3, -0.25) is 4.90 Å². The zero-order valence-electron chi connectivity index (χ0n) is 15.3. The SMILES string of the molecule is C/C=C/Cc1ccc2c(c1O)-c1cccc3c1[C@@H](C2)N(CCC)CC3. The van der Waals surface area contributed by atoms with Gasteiger partial charge in [-0.05, 0) is 67.0 Å². The van der Waals surface area contributed by atoms with Gasteiger partial charge in [-0.1, -0.05) is 49.4 Å². The van der Waals surface area contributed by atoms with Crippen molar-refractivity contribution in [2.75, 3.05) is 13.1 Å². The number of phenolic OH excluding ortho intramolecular Hbond substituents is 1. The lowest BCUT2D eigenvalue weighted by Gasteiger charge is -2.41. The predicted octanol–water partition coefficient (Wildman–Crippen LogP) is 5.04. The van der Waals surface area contributed by atoms with Gasteiger partial charge in [-0.25, -0.2) is 0 Å². The summed E-state index contributed by atoms with van der Waals surface area (Å²) in [6, 6.07) is 11.5. The topological polar surface area (TPSA) is 23.5 Å². The molecule has 1 aliphatic carbocycles. The van der Waals surface area contributed by atoms with Crippen LogP contribution in [0, 0.1) is 0 Å². The second-order valence-electron chi connectivity index (χ2n) is 7.26. The molecule has 130 valence electrons. The van der Waals surface area contributed by atoms with Crippen LogP contribution in [0.15, 0.2) is 42.5 Å². The van der Waals surface area contributed by atoms with E-state index in [-0.39, 0.29) is 0 Å². The molecule has 0 spiro atoms. The van der Waals surface area contributed by atoms with Crippen molar-refractivity contribution in [3.63, 3.8) is 0 Å². The zero-order chi connectivity index (χ0) is 17.4. The highest BCUT2D eigenvalue weighted by atomic mass is 16.3. The van der Waals surface area contributed by atoms with Gasteiger partial charge < -0.3 is 5.11 Å². The molecule has 0 unspecified atom stereocenters. The van der Waals surface area contributed by atoms with Gasteiger partial charge in [0.15, 0.2) is 0 Å². The van der Waals surface area contributed by atoms with Crippen molar-refractivity contribution in [2.24, 2.45) is 0 Å². The number of nitrogens with zero attached hydrogens (tertiary/aromatic N) is 1. The van der Waals surface area contributed by atoms with Gasteiger partial charge in [0.1, 0.15) is 5.75 Å². The predicted molar refractivity (Wildman–Crippen MR) is 104 cm³/mol. The summed E-state index contributed by atoms with van der Waals surface area (Å²) >= 11 is 0. The number of allylic oxidation sites excluding steroid dienone is 2. The van der Waals surface area contributed by atoms with E-state index in [9.17, 15) is 5.11 Å². The number of benzene rings is 2. The van der Waals surface area contributed by atoms with Crippen molar-refractivity contribution in [1.82, 2.24) is 4.90 Å². The quantitative estimate of drug-likeness (QED) is 0.792. The molecule has 1 atom stereocenters. The zero-order valence-corrected chi connectivity index (χ0v) is 15.3. The van der Waals surface area contributed by atoms with E-state index in [0.717, 1.165) is 43.5 Å². The fourth-order valence-corrected chi connectivity index (χ4v) is 4.60. The second-order valence-corrected chi connectivity index (χ2v) is 7.26. The van der Waals surface area contributed by atoms with E-state index in [1.54, 1.807) is 0 Å². The lowest BCUT2D eigenvalue weighted by Crippen LogP contribution is -2.38. The minimum Gasteiger partial charge on any atom is -0.507 e. The molecule has 0 saturated carbocycles. The van der Waals surface area contributed by atoms with Gasteiger partial charge in [0, 0.05) is 18.2 Å². The molecule has 0 fully saturated rings.